The van der Waals surface area contributed by atoms with Gasteiger partial charge in [-0.2, -0.15) is 0 Å². The maximum Gasteiger partial charge on any atom is 0.181 e. The molecule has 1 aromatic carbocycles. The summed E-state index contributed by atoms with van der Waals surface area (Å²) in [5, 5.41) is 0.725. The van der Waals surface area contributed by atoms with Crippen LogP contribution in [0.4, 0.5) is 0 Å². The van der Waals surface area contributed by atoms with Crippen LogP contribution in [0.1, 0.15) is 61.2 Å². The number of halogens is 1. The molecule has 0 saturated carbocycles. The van der Waals surface area contributed by atoms with Gasteiger partial charge in [-0.15, -0.1) is 0 Å². The molecule has 0 radical (unpaired) electrons. The zero-order valence-corrected chi connectivity index (χ0v) is 14.1. The van der Waals surface area contributed by atoms with Crippen molar-refractivity contribution in [1.29, 1.82) is 0 Å². The predicted molar refractivity (Wildman–Crippen MR) is 88.7 cm³/mol. The lowest BCUT2D eigenvalue weighted by atomic mass is 9.95. The molecule has 1 aliphatic carbocycles. The number of rotatable bonds is 2. The van der Waals surface area contributed by atoms with Crippen LogP contribution in [0.25, 0.3) is 0 Å². The Morgan fingerprint density at radius 1 is 1.18 bits per heavy atom. The summed E-state index contributed by atoms with van der Waals surface area (Å²) < 4.78 is 2.11. The third kappa shape index (κ3) is 2.82. The largest absolute Gasteiger partial charge is 0.320 e. The Hall–Kier alpha value is -1.61. The van der Waals surface area contributed by atoms with E-state index in [4.69, 9.17) is 16.6 Å². The minimum atomic E-state index is -0.0932. The third-order valence-electron chi connectivity index (χ3n) is 4.05. The lowest BCUT2D eigenvalue weighted by Gasteiger charge is -2.21. The number of fused-ring (bicyclic) bond motifs is 1. The number of hydrogen-bond donors (Lipinski definition) is 0. The van der Waals surface area contributed by atoms with Crippen molar-refractivity contribution in [3.8, 4) is 0 Å². The highest BCUT2D eigenvalue weighted by molar-refractivity contribution is 6.30. The fourth-order valence-corrected chi connectivity index (χ4v) is 3.15. The molecule has 116 valence electrons. The van der Waals surface area contributed by atoms with Gasteiger partial charge in [-0.05, 0) is 30.5 Å². The minimum Gasteiger partial charge on any atom is -0.320 e. The molecule has 0 atom stereocenters. The number of aryl methyl sites for hydroxylation is 1. The van der Waals surface area contributed by atoms with E-state index in [1.54, 1.807) is 0 Å². The first kappa shape index (κ1) is 15.3. The van der Waals surface area contributed by atoms with Crippen LogP contribution >= 0.6 is 11.6 Å². The zero-order valence-electron chi connectivity index (χ0n) is 13.3. The molecule has 1 aromatic heterocycles. The van der Waals surface area contributed by atoms with Crippen LogP contribution in [0.15, 0.2) is 24.3 Å². The fraction of sp³-hybridized carbons (Fsp3) is 0.444. The summed E-state index contributed by atoms with van der Waals surface area (Å²) in [5.41, 5.74) is 2.82. The van der Waals surface area contributed by atoms with Gasteiger partial charge in [-0.1, -0.05) is 44.5 Å². The van der Waals surface area contributed by atoms with Crippen LogP contribution < -0.4 is 0 Å². The van der Waals surface area contributed by atoms with Crippen LogP contribution in [0.3, 0.4) is 0 Å². The standard InChI is InChI=1S/C18H21ClN2O/c1-18(2,3)17-20-14-5-4-6-15(22)16(14)21(17)11-12-7-9-13(19)10-8-12/h7-10H,4-6,11H2,1-3H3. The Morgan fingerprint density at radius 2 is 1.86 bits per heavy atom. The van der Waals surface area contributed by atoms with Crippen molar-refractivity contribution in [2.24, 2.45) is 0 Å². The summed E-state index contributed by atoms with van der Waals surface area (Å²) in [5.74, 6) is 1.21. The van der Waals surface area contributed by atoms with Gasteiger partial charge in [-0.3, -0.25) is 4.79 Å². The quantitative estimate of drug-likeness (QED) is 0.823. The van der Waals surface area contributed by atoms with E-state index >= 15 is 0 Å². The van der Waals surface area contributed by atoms with Crippen LogP contribution in [-0.4, -0.2) is 15.3 Å². The van der Waals surface area contributed by atoms with Gasteiger partial charge in [0.25, 0.3) is 0 Å². The van der Waals surface area contributed by atoms with E-state index in [2.05, 4.69) is 25.3 Å². The smallest absolute Gasteiger partial charge is 0.181 e. The number of carbonyl (C=O) groups excluding carboxylic acids is 1. The molecular weight excluding hydrogens is 296 g/mol. The van der Waals surface area contributed by atoms with E-state index in [1.807, 2.05) is 24.3 Å². The zero-order chi connectivity index (χ0) is 15.9. The average molecular weight is 317 g/mol. The Balaban J connectivity index is 2.09. The molecule has 0 saturated heterocycles. The lowest BCUT2D eigenvalue weighted by Crippen LogP contribution is -2.22. The Morgan fingerprint density at radius 3 is 2.50 bits per heavy atom. The van der Waals surface area contributed by atoms with E-state index in [-0.39, 0.29) is 11.2 Å². The topological polar surface area (TPSA) is 34.9 Å². The summed E-state index contributed by atoms with van der Waals surface area (Å²) in [7, 11) is 0. The molecule has 0 fully saturated rings. The molecule has 0 unspecified atom stereocenters. The second kappa shape index (κ2) is 5.54. The summed E-state index contributed by atoms with van der Waals surface area (Å²) in [6.07, 6.45) is 2.44. The van der Waals surface area contributed by atoms with Gasteiger partial charge >= 0.3 is 0 Å². The number of imidazole rings is 1. The highest BCUT2D eigenvalue weighted by Crippen LogP contribution is 2.29. The van der Waals surface area contributed by atoms with Gasteiger partial charge < -0.3 is 4.57 Å². The van der Waals surface area contributed by atoms with Crippen molar-refractivity contribution >= 4 is 17.4 Å². The first-order valence-corrected chi connectivity index (χ1v) is 8.11. The lowest BCUT2D eigenvalue weighted by molar-refractivity contribution is 0.0963. The van der Waals surface area contributed by atoms with Gasteiger partial charge in [0.2, 0.25) is 0 Å². The number of ketones is 1. The number of Topliss-reactive ketones (excluding diaryl/α,β-unsaturated/α-hetero) is 1. The molecule has 0 spiro atoms. The van der Waals surface area contributed by atoms with Crippen molar-refractivity contribution in [2.45, 2.75) is 52.0 Å². The van der Waals surface area contributed by atoms with Crippen LogP contribution in [0.5, 0.6) is 0 Å². The number of carbonyl (C=O) groups is 1. The third-order valence-corrected chi connectivity index (χ3v) is 4.30. The normalized spacial score (nSPS) is 15.0. The van der Waals surface area contributed by atoms with Gasteiger partial charge in [0.15, 0.2) is 5.78 Å². The molecule has 1 aliphatic rings. The average Bonchev–Trinajstić information content (AvgIpc) is 2.82. The molecule has 3 nitrogen and oxygen atoms in total. The van der Waals surface area contributed by atoms with Gasteiger partial charge in [0.1, 0.15) is 11.5 Å². The van der Waals surface area contributed by atoms with E-state index in [0.29, 0.717) is 13.0 Å². The molecule has 0 aliphatic heterocycles. The van der Waals surface area contributed by atoms with E-state index < -0.39 is 0 Å². The SMILES string of the molecule is CC(C)(C)c1nc2c(n1Cc1ccc(Cl)cc1)C(=O)CCC2. The molecule has 1 heterocycles. The fourth-order valence-electron chi connectivity index (χ4n) is 3.02. The molecule has 4 heteroatoms. The van der Waals surface area contributed by atoms with E-state index in [9.17, 15) is 4.79 Å². The van der Waals surface area contributed by atoms with Crippen molar-refractivity contribution in [1.82, 2.24) is 9.55 Å². The summed E-state index contributed by atoms with van der Waals surface area (Å²) in [6.45, 7) is 7.09. The number of benzene rings is 1. The number of nitrogens with zero attached hydrogens (tertiary/aromatic N) is 2. The molecular formula is C18H21ClN2O. The van der Waals surface area contributed by atoms with Gasteiger partial charge in [0.05, 0.1) is 5.69 Å². The monoisotopic (exact) mass is 316 g/mol. The second-order valence-corrected chi connectivity index (χ2v) is 7.41. The molecule has 0 bridgehead atoms. The highest BCUT2D eigenvalue weighted by atomic mass is 35.5. The van der Waals surface area contributed by atoms with Gasteiger partial charge in [0, 0.05) is 23.4 Å². The molecule has 0 amide bonds. The maximum atomic E-state index is 12.4. The predicted octanol–water partition coefficient (Wildman–Crippen LogP) is 4.40. The Bertz CT molecular complexity index is 708. The van der Waals surface area contributed by atoms with E-state index in [0.717, 1.165) is 40.6 Å². The first-order chi connectivity index (χ1) is 10.4. The highest BCUT2D eigenvalue weighted by Gasteiger charge is 2.30. The van der Waals surface area contributed by atoms with Crippen molar-refractivity contribution in [3.05, 3.63) is 52.1 Å². The molecule has 2 aromatic rings. The van der Waals surface area contributed by atoms with Crippen molar-refractivity contribution in [3.63, 3.8) is 0 Å². The molecule has 0 N–H and O–H groups in total. The summed E-state index contributed by atoms with van der Waals surface area (Å²) in [4.78, 5) is 17.2. The Labute approximate surface area is 136 Å². The van der Waals surface area contributed by atoms with Crippen molar-refractivity contribution < 1.29 is 4.79 Å². The summed E-state index contributed by atoms with van der Waals surface area (Å²) >= 11 is 5.96. The minimum absolute atomic E-state index is 0.0932. The maximum absolute atomic E-state index is 12.4. The van der Waals surface area contributed by atoms with Crippen LogP contribution in [0.2, 0.25) is 5.02 Å². The van der Waals surface area contributed by atoms with Crippen molar-refractivity contribution in [2.75, 3.05) is 0 Å². The van der Waals surface area contributed by atoms with Gasteiger partial charge in [-0.25, -0.2) is 4.98 Å². The second-order valence-electron chi connectivity index (χ2n) is 6.97. The van der Waals surface area contributed by atoms with E-state index in [1.165, 1.54) is 0 Å². The Kier molecular flexibility index (Phi) is 3.85. The molecule has 22 heavy (non-hydrogen) atoms. The van der Waals surface area contributed by atoms with Crippen LogP contribution in [0, 0.1) is 0 Å². The van der Waals surface area contributed by atoms with Crippen LogP contribution in [-0.2, 0) is 18.4 Å². The number of aromatic nitrogens is 2. The molecule has 3 rings (SSSR count). The number of hydrogen-bond acceptors (Lipinski definition) is 2. The summed E-state index contributed by atoms with van der Waals surface area (Å²) in [6, 6.07) is 7.79. The first-order valence-electron chi connectivity index (χ1n) is 7.74.